The summed E-state index contributed by atoms with van der Waals surface area (Å²) >= 11 is 1.45. The maximum Gasteiger partial charge on any atom is 0.233 e. The molecule has 0 bridgehead atoms. The number of thioether (sulfide) groups is 1. The van der Waals surface area contributed by atoms with Crippen LogP contribution >= 0.6 is 11.8 Å². The second-order valence-electron chi connectivity index (χ2n) is 6.50. The van der Waals surface area contributed by atoms with Gasteiger partial charge in [0, 0.05) is 12.6 Å². The van der Waals surface area contributed by atoms with Crippen molar-refractivity contribution in [2.75, 3.05) is 7.11 Å². The quantitative estimate of drug-likeness (QED) is 0.751. The largest absolute Gasteiger partial charge is 0.496 e. The molecule has 1 aromatic carbocycles. The lowest BCUT2D eigenvalue weighted by molar-refractivity contribution is -0.120. The number of carbonyl (C=O) groups excluding carboxylic acids is 1. The van der Waals surface area contributed by atoms with Crippen LogP contribution in [-0.2, 0) is 11.3 Å². The molecule has 1 aliphatic carbocycles. The lowest BCUT2D eigenvalue weighted by Crippen LogP contribution is -2.37. The lowest BCUT2D eigenvalue weighted by Gasteiger charge is -2.16. The second-order valence-corrected chi connectivity index (χ2v) is 7.81. The Morgan fingerprint density at radius 3 is 2.77 bits per heavy atom. The number of nitrogens with zero attached hydrogens (tertiary/aromatic N) is 3. The van der Waals surface area contributed by atoms with Crippen molar-refractivity contribution in [3.8, 4) is 17.1 Å². The zero-order valence-corrected chi connectivity index (χ0v) is 16.4. The predicted molar refractivity (Wildman–Crippen MR) is 103 cm³/mol. The van der Waals surface area contributed by atoms with Crippen molar-refractivity contribution < 1.29 is 9.53 Å². The first-order chi connectivity index (χ1) is 12.6. The number of carbonyl (C=O) groups is 1. The Bertz CT molecular complexity index is 756. The molecule has 26 heavy (non-hydrogen) atoms. The fraction of sp³-hybridized carbons (Fsp3) is 0.526. The molecule has 1 aliphatic rings. The van der Waals surface area contributed by atoms with E-state index in [2.05, 4.69) is 22.4 Å². The van der Waals surface area contributed by atoms with Crippen LogP contribution in [0.3, 0.4) is 0 Å². The number of hydrogen-bond acceptors (Lipinski definition) is 5. The first-order valence-corrected chi connectivity index (χ1v) is 10.1. The van der Waals surface area contributed by atoms with E-state index in [-0.39, 0.29) is 11.2 Å². The van der Waals surface area contributed by atoms with Gasteiger partial charge in [-0.05, 0) is 38.8 Å². The fourth-order valence-electron chi connectivity index (χ4n) is 3.29. The van der Waals surface area contributed by atoms with Crippen LogP contribution in [0, 0.1) is 0 Å². The monoisotopic (exact) mass is 374 g/mol. The van der Waals surface area contributed by atoms with Gasteiger partial charge >= 0.3 is 0 Å². The Kier molecular flexibility index (Phi) is 6.19. The van der Waals surface area contributed by atoms with Gasteiger partial charge < -0.3 is 14.6 Å². The third kappa shape index (κ3) is 4.03. The molecule has 1 aromatic heterocycles. The molecule has 0 aliphatic heterocycles. The van der Waals surface area contributed by atoms with Gasteiger partial charge in [0.2, 0.25) is 5.91 Å². The Hall–Kier alpha value is -2.02. The topological polar surface area (TPSA) is 69.0 Å². The first kappa shape index (κ1) is 18.8. The van der Waals surface area contributed by atoms with Crippen LogP contribution in [0.15, 0.2) is 29.4 Å². The van der Waals surface area contributed by atoms with Gasteiger partial charge in [-0.15, -0.1) is 10.2 Å². The number of amides is 1. The third-order valence-corrected chi connectivity index (χ3v) is 5.81. The molecule has 0 saturated heterocycles. The molecule has 0 spiro atoms. The van der Waals surface area contributed by atoms with E-state index >= 15 is 0 Å². The molecule has 3 rings (SSSR count). The van der Waals surface area contributed by atoms with Crippen molar-refractivity contribution in [1.29, 1.82) is 0 Å². The molecule has 1 fully saturated rings. The molecule has 140 valence electrons. The van der Waals surface area contributed by atoms with Gasteiger partial charge in [0.25, 0.3) is 0 Å². The van der Waals surface area contributed by atoms with Crippen LogP contribution in [0.2, 0.25) is 0 Å². The van der Waals surface area contributed by atoms with Gasteiger partial charge in [0.1, 0.15) is 5.75 Å². The Labute approximate surface area is 158 Å². The summed E-state index contributed by atoms with van der Waals surface area (Å²) < 4.78 is 7.48. The molecule has 1 heterocycles. The van der Waals surface area contributed by atoms with Crippen LogP contribution in [0.25, 0.3) is 11.4 Å². The molecule has 1 N–H and O–H groups in total. The van der Waals surface area contributed by atoms with Gasteiger partial charge in [-0.2, -0.15) is 0 Å². The standard InChI is InChI=1S/C19H26N4O2S/c1-4-23-17(15-11-7-8-12-16(15)25-3)21-22-19(23)26-13(2)18(24)20-14-9-5-6-10-14/h7-8,11-14H,4-6,9-10H2,1-3H3,(H,20,24)/t13-/m1/s1. The van der Waals surface area contributed by atoms with E-state index in [1.54, 1.807) is 7.11 Å². The molecule has 6 nitrogen and oxygen atoms in total. The highest BCUT2D eigenvalue weighted by molar-refractivity contribution is 8.00. The Morgan fingerprint density at radius 2 is 2.08 bits per heavy atom. The summed E-state index contributed by atoms with van der Waals surface area (Å²) in [5.41, 5.74) is 0.902. The highest BCUT2D eigenvalue weighted by Gasteiger charge is 2.24. The van der Waals surface area contributed by atoms with Crippen LogP contribution < -0.4 is 10.1 Å². The molecule has 1 saturated carbocycles. The molecule has 7 heteroatoms. The lowest BCUT2D eigenvalue weighted by atomic mass is 10.2. The number of benzene rings is 1. The maximum absolute atomic E-state index is 12.5. The van der Waals surface area contributed by atoms with Gasteiger partial charge in [0.05, 0.1) is 17.9 Å². The van der Waals surface area contributed by atoms with E-state index in [4.69, 9.17) is 4.74 Å². The summed E-state index contributed by atoms with van der Waals surface area (Å²) in [6.07, 6.45) is 4.59. The minimum absolute atomic E-state index is 0.0754. The minimum Gasteiger partial charge on any atom is -0.496 e. The van der Waals surface area contributed by atoms with E-state index in [0.717, 1.165) is 41.7 Å². The number of para-hydroxylation sites is 1. The van der Waals surface area contributed by atoms with E-state index < -0.39 is 0 Å². The average molecular weight is 375 g/mol. The van der Waals surface area contributed by atoms with E-state index in [1.807, 2.05) is 35.8 Å². The number of aromatic nitrogens is 3. The summed E-state index contributed by atoms with van der Waals surface area (Å²) in [7, 11) is 1.65. The van der Waals surface area contributed by atoms with Gasteiger partial charge in [-0.25, -0.2) is 0 Å². The smallest absolute Gasteiger partial charge is 0.233 e. The van der Waals surface area contributed by atoms with Crippen LogP contribution in [0.1, 0.15) is 39.5 Å². The fourth-order valence-corrected chi connectivity index (χ4v) is 4.21. The SMILES string of the molecule is CCn1c(S[C@H](C)C(=O)NC2CCCC2)nnc1-c1ccccc1OC. The van der Waals surface area contributed by atoms with Crippen molar-refractivity contribution in [3.05, 3.63) is 24.3 Å². The van der Waals surface area contributed by atoms with Crippen LogP contribution in [0.4, 0.5) is 0 Å². The number of nitrogens with one attached hydrogen (secondary N) is 1. The highest BCUT2D eigenvalue weighted by atomic mass is 32.2. The normalized spacial score (nSPS) is 15.8. The van der Waals surface area contributed by atoms with E-state index in [9.17, 15) is 4.79 Å². The number of rotatable bonds is 7. The molecule has 0 unspecified atom stereocenters. The molecule has 1 amide bonds. The molecular formula is C19H26N4O2S. The summed E-state index contributed by atoms with van der Waals surface area (Å²) in [6.45, 7) is 4.70. The highest BCUT2D eigenvalue weighted by Crippen LogP contribution is 2.32. The van der Waals surface area contributed by atoms with Crippen molar-refractivity contribution >= 4 is 17.7 Å². The van der Waals surface area contributed by atoms with E-state index in [0.29, 0.717) is 6.04 Å². The summed E-state index contributed by atoms with van der Waals surface area (Å²) in [4.78, 5) is 12.5. The number of hydrogen-bond donors (Lipinski definition) is 1. The van der Waals surface area contributed by atoms with Crippen LogP contribution in [-0.4, -0.2) is 39.1 Å². The van der Waals surface area contributed by atoms with Gasteiger partial charge in [0.15, 0.2) is 11.0 Å². The van der Waals surface area contributed by atoms with Gasteiger partial charge in [-0.3, -0.25) is 4.79 Å². The summed E-state index contributed by atoms with van der Waals surface area (Å²) in [5, 5.41) is 12.4. The molecule has 2 aromatic rings. The number of methoxy groups -OCH3 is 1. The van der Waals surface area contributed by atoms with Crippen molar-refractivity contribution in [3.63, 3.8) is 0 Å². The van der Waals surface area contributed by atoms with Crippen molar-refractivity contribution in [1.82, 2.24) is 20.1 Å². The average Bonchev–Trinajstić information content (AvgIpc) is 3.31. The van der Waals surface area contributed by atoms with Crippen LogP contribution in [0.5, 0.6) is 5.75 Å². The minimum atomic E-state index is -0.212. The Balaban J connectivity index is 1.76. The molecule has 0 radical (unpaired) electrons. The predicted octanol–water partition coefficient (Wildman–Crippen LogP) is 3.51. The number of ether oxygens (including phenoxy) is 1. The van der Waals surface area contributed by atoms with E-state index in [1.165, 1.54) is 24.6 Å². The van der Waals surface area contributed by atoms with Crippen molar-refractivity contribution in [2.45, 2.75) is 62.5 Å². The van der Waals surface area contributed by atoms with Gasteiger partial charge in [-0.1, -0.05) is 36.7 Å². The zero-order chi connectivity index (χ0) is 18.5. The third-order valence-electron chi connectivity index (χ3n) is 4.73. The second kappa shape index (κ2) is 8.58. The van der Waals surface area contributed by atoms with Crippen molar-refractivity contribution in [2.24, 2.45) is 0 Å². The maximum atomic E-state index is 12.5. The summed E-state index contributed by atoms with van der Waals surface area (Å²) in [5.74, 6) is 1.60. The Morgan fingerprint density at radius 1 is 1.35 bits per heavy atom. The first-order valence-electron chi connectivity index (χ1n) is 9.17. The summed E-state index contributed by atoms with van der Waals surface area (Å²) in [6, 6.07) is 8.10. The molecule has 1 atom stereocenters. The molecular weight excluding hydrogens is 348 g/mol. The zero-order valence-electron chi connectivity index (χ0n) is 15.6.